The maximum Gasteiger partial charge on any atom is 0.311 e. The van der Waals surface area contributed by atoms with Crippen molar-refractivity contribution in [2.45, 2.75) is 53.9 Å². The van der Waals surface area contributed by atoms with Gasteiger partial charge in [0.25, 0.3) is 0 Å². The largest absolute Gasteiger partial charge is 0.465 e. The molecule has 0 amide bonds. The Bertz CT molecular complexity index is 169. The molecule has 0 aliphatic carbocycles. The molecule has 0 aromatic rings. The zero-order valence-electron chi connectivity index (χ0n) is 10.2. The van der Waals surface area contributed by atoms with Crippen molar-refractivity contribution < 1.29 is 9.53 Å². The highest BCUT2D eigenvalue weighted by atomic mass is 16.5. The molecule has 14 heavy (non-hydrogen) atoms. The average molecular weight is 200 g/mol. The molecule has 0 radical (unpaired) electrons. The van der Waals surface area contributed by atoms with Crippen LogP contribution in [-0.4, -0.2) is 12.6 Å². The standard InChI is InChI=1S/C12H24O2/c1-6-10(7-2)9-14-11(13)12(4,5)8-3/h10H,6-9H2,1-5H3. The Morgan fingerprint density at radius 1 is 1.21 bits per heavy atom. The number of ether oxygens (including phenoxy) is 1. The summed E-state index contributed by atoms with van der Waals surface area (Å²) < 4.78 is 5.30. The molecule has 0 N–H and O–H groups in total. The molecule has 0 fully saturated rings. The van der Waals surface area contributed by atoms with Crippen molar-refractivity contribution in [1.29, 1.82) is 0 Å². The number of rotatable bonds is 6. The Kier molecular flexibility index (Phi) is 5.82. The number of carbonyl (C=O) groups is 1. The molecule has 0 aromatic carbocycles. The van der Waals surface area contributed by atoms with E-state index in [-0.39, 0.29) is 11.4 Å². The van der Waals surface area contributed by atoms with Gasteiger partial charge in [-0.1, -0.05) is 33.6 Å². The summed E-state index contributed by atoms with van der Waals surface area (Å²) in [4.78, 5) is 11.6. The second-order valence-corrected chi connectivity index (χ2v) is 4.52. The predicted octanol–water partition coefficient (Wildman–Crippen LogP) is 3.40. The average Bonchev–Trinajstić information content (AvgIpc) is 2.19. The van der Waals surface area contributed by atoms with Crippen molar-refractivity contribution in [1.82, 2.24) is 0 Å². The molecule has 0 saturated heterocycles. The third kappa shape index (κ3) is 4.12. The van der Waals surface area contributed by atoms with Crippen LogP contribution in [0.3, 0.4) is 0 Å². The van der Waals surface area contributed by atoms with Gasteiger partial charge >= 0.3 is 5.97 Å². The molecule has 0 aliphatic heterocycles. The molecule has 84 valence electrons. The minimum atomic E-state index is -0.327. The first kappa shape index (κ1) is 13.5. The van der Waals surface area contributed by atoms with E-state index in [2.05, 4.69) is 13.8 Å². The lowest BCUT2D eigenvalue weighted by Gasteiger charge is -2.22. The van der Waals surface area contributed by atoms with Crippen LogP contribution >= 0.6 is 0 Å². The van der Waals surface area contributed by atoms with E-state index < -0.39 is 0 Å². The van der Waals surface area contributed by atoms with Crippen LogP contribution in [0.4, 0.5) is 0 Å². The van der Waals surface area contributed by atoms with Crippen LogP contribution in [0.2, 0.25) is 0 Å². The SMILES string of the molecule is CCC(CC)COC(=O)C(C)(C)CC. The maximum atomic E-state index is 11.6. The minimum Gasteiger partial charge on any atom is -0.465 e. The van der Waals surface area contributed by atoms with E-state index in [9.17, 15) is 4.79 Å². The molecule has 0 aromatic heterocycles. The lowest BCUT2D eigenvalue weighted by atomic mass is 9.90. The Balaban J connectivity index is 3.95. The lowest BCUT2D eigenvalue weighted by Crippen LogP contribution is -2.27. The Morgan fingerprint density at radius 3 is 2.07 bits per heavy atom. The van der Waals surface area contributed by atoms with Crippen molar-refractivity contribution in [3.63, 3.8) is 0 Å². The van der Waals surface area contributed by atoms with Crippen LogP contribution in [-0.2, 0) is 9.53 Å². The van der Waals surface area contributed by atoms with E-state index in [1.807, 2.05) is 20.8 Å². The minimum absolute atomic E-state index is 0.0631. The Hall–Kier alpha value is -0.530. The lowest BCUT2D eigenvalue weighted by molar-refractivity contribution is -0.155. The normalized spacial score (nSPS) is 11.9. The van der Waals surface area contributed by atoms with Gasteiger partial charge in [0.05, 0.1) is 12.0 Å². The maximum absolute atomic E-state index is 11.6. The summed E-state index contributed by atoms with van der Waals surface area (Å²) >= 11 is 0. The molecular weight excluding hydrogens is 176 g/mol. The molecule has 2 heteroatoms. The Morgan fingerprint density at radius 2 is 1.71 bits per heavy atom. The Labute approximate surface area is 88.0 Å². The highest BCUT2D eigenvalue weighted by Crippen LogP contribution is 2.22. The van der Waals surface area contributed by atoms with E-state index in [0.717, 1.165) is 19.3 Å². The third-order valence-electron chi connectivity index (χ3n) is 3.04. The summed E-state index contributed by atoms with van der Waals surface area (Å²) in [6.45, 7) is 10.7. The van der Waals surface area contributed by atoms with Crippen LogP contribution < -0.4 is 0 Å². The topological polar surface area (TPSA) is 26.3 Å². The van der Waals surface area contributed by atoms with Gasteiger partial charge in [-0.15, -0.1) is 0 Å². The zero-order valence-corrected chi connectivity index (χ0v) is 10.2. The van der Waals surface area contributed by atoms with E-state index in [0.29, 0.717) is 12.5 Å². The first-order valence-corrected chi connectivity index (χ1v) is 5.65. The van der Waals surface area contributed by atoms with Crippen LogP contribution in [0.5, 0.6) is 0 Å². The van der Waals surface area contributed by atoms with Gasteiger partial charge in [0.1, 0.15) is 0 Å². The fourth-order valence-corrected chi connectivity index (χ4v) is 1.06. The first-order chi connectivity index (χ1) is 6.47. The summed E-state index contributed by atoms with van der Waals surface area (Å²) in [6.07, 6.45) is 2.99. The van der Waals surface area contributed by atoms with Crippen LogP contribution in [0.15, 0.2) is 0 Å². The van der Waals surface area contributed by atoms with Gasteiger partial charge in [0, 0.05) is 0 Å². The molecule has 0 bridgehead atoms. The molecule has 0 aliphatic rings. The second-order valence-electron chi connectivity index (χ2n) is 4.52. The zero-order chi connectivity index (χ0) is 11.2. The molecule has 0 rings (SSSR count). The van der Waals surface area contributed by atoms with E-state index >= 15 is 0 Å². The molecule has 0 saturated carbocycles. The second kappa shape index (κ2) is 6.05. The first-order valence-electron chi connectivity index (χ1n) is 5.65. The summed E-state index contributed by atoms with van der Waals surface area (Å²) in [5.41, 5.74) is -0.327. The van der Waals surface area contributed by atoms with Gasteiger partial charge in [-0.3, -0.25) is 4.79 Å². The van der Waals surface area contributed by atoms with Crippen molar-refractivity contribution in [3.05, 3.63) is 0 Å². The van der Waals surface area contributed by atoms with Gasteiger partial charge in [0.15, 0.2) is 0 Å². The third-order valence-corrected chi connectivity index (χ3v) is 3.04. The molecule has 0 spiro atoms. The smallest absolute Gasteiger partial charge is 0.311 e. The highest BCUT2D eigenvalue weighted by Gasteiger charge is 2.27. The fourth-order valence-electron chi connectivity index (χ4n) is 1.06. The van der Waals surface area contributed by atoms with E-state index in [1.54, 1.807) is 0 Å². The van der Waals surface area contributed by atoms with Crippen LogP contribution in [0.25, 0.3) is 0 Å². The number of hydrogen-bond acceptors (Lipinski definition) is 2. The monoisotopic (exact) mass is 200 g/mol. The molecule has 0 atom stereocenters. The van der Waals surface area contributed by atoms with Crippen molar-refractivity contribution in [3.8, 4) is 0 Å². The van der Waals surface area contributed by atoms with Gasteiger partial charge in [-0.25, -0.2) is 0 Å². The quantitative estimate of drug-likeness (QED) is 0.614. The molecule has 0 unspecified atom stereocenters. The van der Waals surface area contributed by atoms with Crippen LogP contribution in [0.1, 0.15) is 53.9 Å². The van der Waals surface area contributed by atoms with Crippen LogP contribution in [0, 0.1) is 11.3 Å². The van der Waals surface area contributed by atoms with Crippen molar-refractivity contribution in [2.24, 2.45) is 11.3 Å². The summed E-state index contributed by atoms with van der Waals surface area (Å²) in [5.74, 6) is 0.457. The van der Waals surface area contributed by atoms with E-state index in [4.69, 9.17) is 4.74 Å². The van der Waals surface area contributed by atoms with Gasteiger partial charge < -0.3 is 4.74 Å². The van der Waals surface area contributed by atoms with Crippen molar-refractivity contribution in [2.75, 3.05) is 6.61 Å². The number of carbonyl (C=O) groups excluding carboxylic acids is 1. The van der Waals surface area contributed by atoms with Gasteiger partial charge in [-0.05, 0) is 26.2 Å². The van der Waals surface area contributed by atoms with Gasteiger partial charge in [-0.2, -0.15) is 0 Å². The molecular formula is C12H24O2. The predicted molar refractivity (Wildman–Crippen MR) is 59.1 cm³/mol. The van der Waals surface area contributed by atoms with E-state index in [1.165, 1.54) is 0 Å². The summed E-state index contributed by atoms with van der Waals surface area (Å²) in [7, 11) is 0. The summed E-state index contributed by atoms with van der Waals surface area (Å²) in [5, 5.41) is 0. The van der Waals surface area contributed by atoms with Gasteiger partial charge in [0.2, 0.25) is 0 Å². The highest BCUT2D eigenvalue weighted by molar-refractivity contribution is 5.75. The van der Waals surface area contributed by atoms with Crippen molar-refractivity contribution >= 4 is 5.97 Å². The fraction of sp³-hybridized carbons (Fsp3) is 0.917. The molecule has 0 heterocycles. The molecule has 2 nitrogen and oxygen atoms in total. The summed E-state index contributed by atoms with van der Waals surface area (Å²) in [6, 6.07) is 0. The number of hydrogen-bond donors (Lipinski definition) is 0. The number of esters is 1.